The Morgan fingerprint density at radius 3 is 2.88 bits per heavy atom. The minimum Gasteiger partial charge on any atom is -0.459 e. The lowest BCUT2D eigenvalue weighted by Crippen LogP contribution is -2.10. The maximum Gasteiger partial charge on any atom is 0.322 e. The molecule has 9 nitrogen and oxygen atoms in total. The molecule has 3 aromatic heterocycles. The standard InChI is InChI=1S/C15H8N4O5S/c20-13(16-15-18-17-14(24-15)10-2-1-5-23-10)12-7-8-6-9(19(21)22)3-4-11(8)25-12/h1-7H,(H,16,18,20). The molecule has 0 aliphatic heterocycles. The molecule has 124 valence electrons. The van der Waals surface area contributed by atoms with E-state index < -0.39 is 10.8 Å². The largest absolute Gasteiger partial charge is 0.459 e. The number of thiophene rings is 1. The fraction of sp³-hybridized carbons (Fsp3) is 0. The van der Waals surface area contributed by atoms with Gasteiger partial charge in [0.2, 0.25) is 0 Å². The number of benzene rings is 1. The normalized spacial score (nSPS) is 10.9. The van der Waals surface area contributed by atoms with Crippen molar-refractivity contribution in [3.05, 3.63) is 57.7 Å². The molecule has 0 fully saturated rings. The van der Waals surface area contributed by atoms with Gasteiger partial charge in [0.1, 0.15) is 0 Å². The van der Waals surface area contributed by atoms with Crippen molar-refractivity contribution in [3.63, 3.8) is 0 Å². The fourth-order valence-electron chi connectivity index (χ4n) is 2.19. The molecular formula is C15H8N4O5S. The number of non-ortho nitro benzene ring substituents is 1. The topological polar surface area (TPSA) is 124 Å². The van der Waals surface area contributed by atoms with E-state index in [1.165, 1.54) is 29.7 Å². The highest BCUT2D eigenvalue weighted by Crippen LogP contribution is 2.29. The van der Waals surface area contributed by atoms with Crippen molar-refractivity contribution >= 4 is 39.0 Å². The Labute approximate surface area is 143 Å². The number of anilines is 1. The smallest absolute Gasteiger partial charge is 0.322 e. The number of hydrogen-bond donors (Lipinski definition) is 1. The van der Waals surface area contributed by atoms with Crippen LogP contribution >= 0.6 is 11.3 Å². The molecule has 25 heavy (non-hydrogen) atoms. The van der Waals surface area contributed by atoms with Crippen LogP contribution in [0.3, 0.4) is 0 Å². The van der Waals surface area contributed by atoms with Gasteiger partial charge < -0.3 is 8.83 Å². The van der Waals surface area contributed by atoms with Crippen molar-refractivity contribution in [2.75, 3.05) is 5.32 Å². The number of nitro benzene ring substituents is 1. The number of carbonyl (C=O) groups excluding carboxylic acids is 1. The Kier molecular flexibility index (Phi) is 3.51. The number of aromatic nitrogens is 2. The van der Waals surface area contributed by atoms with Crippen LogP contribution in [0.25, 0.3) is 21.7 Å². The van der Waals surface area contributed by atoms with Crippen LogP contribution in [0.15, 0.2) is 51.5 Å². The average Bonchev–Trinajstić information content (AvgIpc) is 3.33. The van der Waals surface area contributed by atoms with Crippen molar-refractivity contribution in [2.45, 2.75) is 0 Å². The van der Waals surface area contributed by atoms with Crippen molar-refractivity contribution in [3.8, 4) is 11.7 Å². The summed E-state index contributed by atoms with van der Waals surface area (Å²) in [6.45, 7) is 0. The minimum absolute atomic E-state index is 0.0303. The number of fused-ring (bicyclic) bond motifs is 1. The van der Waals surface area contributed by atoms with Crippen molar-refractivity contribution < 1.29 is 18.6 Å². The lowest BCUT2D eigenvalue weighted by Gasteiger charge is -1.95. The summed E-state index contributed by atoms with van der Waals surface area (Å²) in [6, 6.07) is 9.26. The van der Waals surface area contributed by atoms with Crippen molar-refractivity contribution in [2.24, 2.45) is 0 Å². The SMILES string of the molecule is O=C(Nc1nnc(-c2ccco2)o1)c1cc2cc([N+](=O)[O-])ccc2s1. The van der Waals surface area contributed by atoms with Crippen molar-refractivity contribution in [1.29, 1.82) is 0 Å². The zero-order valence-corrected chi connectivity index (χ0v) is 13.1. The second-order valence-electron chi connectivity index (χ2n) is 4.93. The van der Waals surface area contributed by atoms with Gasteiger partial charge in [-0.3, -0.25) is 20.2 Å². The second kappa shape index (κ2) is 5.83. The average molecular weight is 356 g/mol. The molecule has 1 N–H and O–H groups in total. The van der Waals surface area contributed by atoms with E-state index in [1.807, 2.05) is 0 Å². The molecule has 0 saturated carbocycles. The van der Waals surface area contributed by atoms with E-state index in [2.05, 4.69) is 15.5 Å². The van der Waals surface area contributed by atoms with Crippen LogP contribution in [-0.4, -0.2) is 21.0 Å². The summed E-state index contributed by atoms with van der Waals surface area (Å²) in [4.78, 5) is 23.0. The summed E-state index contributed by atoms with van der Waals surface area (Å²) >= 11 is 1.21. The molecular weight excluding hydrogens is 348 g/mol. The third kappa shape index (κ3) is 2.85. The van der Waals surface area contributed by atoms with E-state index in [-0.39, 0.29) is 17.6 Å². The van der Waals surface area contributed by atoms with E-state index in [0.717, 1.165) is 4.70 Å². The number of carbonyl (C=O) groups is 1. The Bertz CT molecular complexity index is 1080. The quantitative estimate of drug-likeness (QED) is 0.436. The Balaban J connectivity index is 1.56. The number of amides is 1. The monoisotopic (exact) mass is 356 g/mol. The second-order valence-corrected chi connectivity index (χ2v) is 6.02. The Hall–Kier alpha value is -3.53. The van der Waals surface area contributed by atoms with Gasteiger partial charge in [0.15, 0.2) is 5.76 Å². The number of rotatable bonds is 4. The molecule has 1 amide bonds. The molecule has 0 bridgehead atoms. The molecule has 10 heteroatoms. The predicted octanol–water partition coefficient (Wildman–Crippen LogP) is 3.70. The number of nitro groups is 1. The minimum atomic E-state index is -0.481. The van der Waals surface area contributed by atoms with Crippen LogP contribution in [0.4, 0.5) is 11.7 Å². The molecule has 0 radical (unpaired) electrons. The van der Waals surface area contributed by atoms with Crippen LogP contribution in [0.1, 0.15) is 9.67 Å². The molecule has 0 unspecified atom stereocenters. The molecule has 1 aromatic carbocycles. The van der Waals surface area contributed by atoms with Gasteiger partial charge in [-0.25, -0.2) is 0 Å². The number of furan rings is 1. The van der Waals surface area contributed by atoms with Crippen LogP contribution < -0.4 is 5.32 Å². The van der Waals surface area contributed by atoms with Gasteiger partial charge in [-0.15, -0.1) is 16.4 Å². The summed E-state index contributed by atoms with van der Waals surface area (Å²) < 4.78 is 11.2. The maximum atomic E-state index is 12.3. The van der Waals surface area contributed by atoms with Crippen LogP contribution in [0, 0.1) is 10.1 Å². The van der Waals surface area contributed by atoms with E-state index in [0.29, 0.717) is 16.0 Å². The number of hydrogen-bond acceptors (Lipinski definition) is 8. The Morgan fingerprint density at radius 1 is 1.24 bits per heavy atom. The van der Waals surface area contributed by atoms with Crippen LogP contribution in [-0.2, 0) is 0 Å². The van der Waals surface area contributed by atoms with Crippen LogP contribution in [0.5, 0.6) is 0 Å². The van der Waals surface area contributed by atoms with Gasteiger partial charge >= 0.3 is 6.01 Å². The van der Waals surface area contributed by atoms with Gasteiger partial charge in [0.05, 0.1) is 16.1 Å². The molecule has 4 rings (SSSR count). The van der Waals surface area contributed by atoms with Crippen LogP contribution in [0.2, 0.25) is 0 Å². The lowest BCUT2D eigenvalue weighted by molar-refractivity contribution is -0.384. The summed E-state index contributed by atoms with van der Waals surface area (Å²) in [5.74, 6) is 0.0907. The van der Waals surface area contributed by atoms with Gasteiger partial charge in [0, 0.05) is 22.2 Å². The molecule has 0 aliphatic rings. The first kappa shape index (κ1) is 15.0. The summed E-state index contributed by atoms with van der Waals surface area (Å²) in [7, 11) is 0. The number of nitrogens with one attached hydrogen (secondary N) is 1. The van der Waals surface area contributed by atoms with E-state index in [4.69, 9.17) is 8.83 Å². The van der Waals surface area contributed by atoms with Gasteiger partial charge in [-0.1, -0.05) is 5.10 Å². The molecule has 4 aromatic rings. The first-order valence-electron chi connectivity index (χ1n) is 6.97. The van der Waals surface area contributed by atoms with Gasteiger partial charge in [-0.05, 0) is 24.3 Å². The van der Waals surface area contributed by atoms with Crippen molar-refractivity contribution in [1.82, 2.24) is 10.2 Å². The summed E-state index contributed by atoms with van der Waals surface area (Å²) in [6.07, 6.45) is 1.47. The van der Waals surface area contributed by atoms with Gasteiger partial charge in [0.25, 0.3) is 17.5 Å². The molecule has 0 atom stereocenters. The number of nitrogens with zero attached hydrogens (tertiary/aromatic N) is 3. The summed E-state index contributed by atoms with van der Waals surface area (Å²) in [5, 5.41) is 21.5. The highest BCUT2D eigenvalue weighted by atomic mass is 32.1. The Morgan fingerprint density at radius 2 is 2.12 bits per heavy atom. The molecule has 0 spiro atoms. The third-order valence-electron chi connectivity index (χ3n) is 3.31. The first-order chi connectivity index (χ1) is 12.1. The third-order valence-corrected chi connectivity index (χ3v) is 4.43. The highest BCUT2D eigenvalue weighted by molar-refractivity contribution is 7.20. The molecule has 0 aliphatic carbocycles. The predicted molar refractivity (Wildman–Crippen MR) is 88.4 cm³/mol. The van der Waals surface area contributed by atoms with Gasteiger partial charge in [-0.2, -0.15) is 0 Å². The lowest BCUT2D eigenvalue weighted by atomic mass is 10.2. The van der Waals surface area contributed by atoms with E-state index >= 15 is 0 Å². The zero-order valence-electron chi connectivity index (χ0n) is 12.3. The fourth-order valence-corrected chi connectivity index (χ4v) is 3.13. The zero-order chi connectivity index (χ0) is 17.4. The van der Waals surface area contributed by atoms with E-state index in [1.54, 1.807) is 24.3 Å². The highest BCUT2D eigenvalue weighted by Gasteiger charge is 2.17. The molecule has 0 saturated heterocycles. The maximum absolute atomic E-state index is 12.3. The summed E-state index contributed by atoms with van der Waals surface area (Å²) in [5.41, 5.74) is -0.0303. The first-order valence-corrected chi connectivity index (χ1v) is 7.78. The van der Waals surface area contributed by atoms with E-state index in [9.17, 15) is 14.9 Å². The molecule has 3 heterocycles.